The number of hydrogen-bond acceptors (Lipinski definition) is 2. The Hall–Kier alpha value is -1.64. The molecule has 0 aliphatic heterocycles. The topological polar surface area (TPSA) is 46.2 Å². The van der Waals surface area contributed by atoms with E-state index >= 15 is 0 Å². The normalized spacial score (nSPS) is 22.3. The molecule has 3 nitrogen and oxygen atoms in total. The summed E-state index contributed by atoms with van der Waals surface area (Å²) in [5, 5.41) is 3.04. The maximum absolute atomic E-state index is 12.7. The van der Waals surface area contributed by atoms with Gasteiger partial charge < -0.3 is 5.32 Å². The zero-order chi connectivity index (χ0) is 17.4. The zero-order valence-electron chi connectivity index (χ0n) is 15.1. The van der Waals surface area contributed by atoms with Gasteiger partial charge in [0.15, 0.2) is 5.78 Å². The Balaban J connectivity index is 2.07. The zero-order valence-corrected chi connectivity index (χ0v) is 15.1. The van der Waals surface area contributed by atoms with Gasteiger partial charge in [0.2, 0.25) is 5.91 Å². The Morgan fingerprint density at radius 3 is 2.09 bits per heavy atom. The molecule has 0 spiro atoms. The van der Waals surface area contributed by atoms with Gasteiger partial charge in [-0.3, -0.25) is 9.59 Å². The molecule has 1 amide bonds. The molecule has 0 saturated heterocycles. The molecule has 1 unspecified atom stereocenters. The summed E-state index contributed by atoms with van der Waals surface area (Å²) in [6.07, 6.45) is 0.871. The Morgan fingerprint density at radius 2 is 1.61 bits per heavy atom. The number of amides is 1. The van der Waals surface area contributed by atoms with Gasteiger partial charge in [0.1, 0.15) is 0 Å². The quantitative estimate of drug-likeness (QED) is 0.915. The van der Waals surface area contributed by atoms with Crippen molar-refractivity contribution in [1.82, 2.24) is 5.32 Å². The first kappa shape index (κ1) is 17.7. The molecule has 1 fully saturated rings. The molecule has 1 N–H and O–H groups in total. The van der Waals surface area contributed by atoms with Crippen molar-refractivity contribution in [1.29, 1.82) is 0 Å². The third kappa shape index (κ3) is 4.21. The molecule has 0 aromatic heterocycles. The van der Waals surface area contributed by atoms with Crippen molar-refractivity contribution in [3.8, 4) is 0 Å². The molecule has 1 aliphatic carbocycles. The van der Waals surface area contributed by atoms with Crippen LogP contribution in [0.15, 0.2) is 30.3 Å². The number of hydrogen-bond donors (Lipinski definition) is 1. The summed E-state index contributed by atoms with van der Waals surface area (Å²) in [5.41, 5.74) is 0.451. The van der Waals surface area contributed by atoms with Crippen molar-refractivity contribution in [3.63, 3.8) is 0 Å². The van der Waals surface area contributed by atoms with Crippen LogP contribution >= 0.6 is 0 Å². The van der Waals surface area contributed by atoms with Crippen molar-refractivity contribution in [3.05, 3.63) is 35.9 Å². The van der Waals surface area contributed by atoms with Gasteiger partial charge in [-0.25, -0.2) is 0 Å². The van der Waals surface area contributed by atoms with Crippen LogP contribution in [-0.4, -0.2) is 17.7 Å². The third-order valence-corrected chi connectivity index (χ3v) is 4.51. The van der Waals surface area contributed by atoms with Crippen LogP contribution in [0.4, 0.5) is 0 Å². The molecule has 126 valence electrons. The molecular weight excluding hydrogens is 286 g/mol. The van der Waals surface area contributed by atoms with Crippen LogP contribution < -0.4 is 5.32 Å². The van der Waals surface area contributed by atoms with E-state index in [1.54, 1.807) is 0 Å². The minimum atomic E-state index is -0.465. The van der Waals surface area contributed by atoms with Crippen LogP contribution in [-0.2, 0) is 9.59 Å². The number of carbonyl (C=O) groups is 2. The first-order valence-corrected chi connectivity index (χ1v) is 8.41. The minimum absolute atomic E-state index is 0.00461. The van der Waals surface area contributed by atoms with Gasteiger partial charge in [-0.05, 0) is 23.3 Å². The van der Waals surface area contributed by atoms with E-state index in [1.165, 1.54) is 5.56 Å². The highest BCUT2D eigenvalue weighted by molar-refractivity contribution is 5.94. The average Bonchev–Trinajstić information content (AvgIpc) is 3.23. The molecule has 1 aromatic rings. The second-order valence-electron chi connectivity index (χ2n) is 8.78. The molecule has 0 bridgehead atoms. The molecule has 3 atom stereocenters. The number of ketones is 1. The van der Waals surface area contributed by atoms with Gasteiger partial charge in [-0.1, -0.05) is 71.9 Å². The maximum Gasteiger partial charge on any atom is 0.224 e. The summed E-state index contributed by atoms with van der Waals surface area (Å²) in [4.78, 5) is 25.3. The van der Waals surface area contributed by atoms with Crippen molar-refractivity contribution in [2.24, 2.45) is 16.7 Å². The van der Waals surface area contributed by atoms with E-state index in [0.29, 0.717) is 5.92 Å². The van der Waals surface area contributed by atoms with Gasteiger partial charge in [0.25, 0.3) is 0 Å². The smallest absolute Gasteiger partial charge is 0.224 e. The maximum atomic E-state index is 12.7. The highest BCUT2D eigenvalue weighted by Gasteiger charge is 2.46. The van der Waals surface area contributed by atoms with E-state index in [-0.39, 0.29) is 23.0 Å². The first-order chi connectivity index (χ1) is 10.5. The van der Waals surface area contributed by atoms with Gasteiger partial charge in [0.05, 0.1) is 6.04 Å². The predicted molar refractivity (Wildman–Crippen MR) is 93.1 cm³/mol. The number of benzene rings is 1. The third-order valence-electron chi connectivity index (χ3n) is 4.51. The number of rotatable bonds is 4. The SMILES string of the molecule is CC(C)(C)C(=O)[C@@H](NC(=O)[C@@H]1CC1c1ccccc1)C(C)(C)C. The number of Topliss-reactive ketones (excluding diaryl/α,β-unsaturated/α-hetero) is 1. The Kier molecular flexibility index (Phi) is 4.70. The second kappa shape index (κ2) is 6.10. The second-order valence-corrected chi connectivity index (χ2v) is 8.78. The fraction of sp³-hybridized carbons (Fsp3) is 0.600. The summed E-state index contributed by atoms with van der Waals surface area (Å²) in [5.74, 6) is 0.392. The van der Waals surface area contributed by atoms with Gasteiger partial charge in [-0.15, -0.1) is 0 Å². The summed E-state index contributed by atoms with van der Waals surface area (Å²) in [6, 6.07) is 9.68. The fourth-order valence-electron chi connectivity index (χ4n) is 2.91. The van der Waals surface area contributed by atoms with Crippen LogP contribution in [0, 0.1) is 16.7 Å². The summed E-state index contributed by atoms with van der Waals surface area (Å²) in [6.45, 7) is 11.7. The lowest BCUT2D eigenvalue weighted by Gasteiger charge is -2.34. The first-order valence-electron chi connectivity index (χ1n) is 8.41. The summed E-state index contributed by atoms with van der Waals surface area (Å²) < 4.78 is 0. The molecule has 3 heteroatoms. The van der Waals surface area contributed by atoms with E-state index < -0.39 is 11.5 Å². The minimum Gasteiger partial charge on any atom is -0.345 e. The van der Waals surface area contributed by atoms with Crippen LogP contribution in [0.25, 0.3) is 0 Å². The molecule has 2 rings (SSSR count). The summed E-state index contributed by atoms with van der Waals surface area (Å²) in [7, 11) is 0. The van der Waals surface area contributed by atoms with Crippen LogP contribution in [0.5, 0.6) is 0 Å². The van der Waals surface area contributed by atoms with E-state index in [9.17, 15) is 9.59 Å². The average molecular weight is 315 g/mol. The van der Waals surface area contributed by atoms with Crippen molar-refractivity contribution in [2.45, 2.75) is 59.9 Å². The van der Waals surface area contributed by atoms with Crippen LogP contribution in [0.2, 0.25) is 0 Å². The fourth-order valence-corrected chi connectivity index (χ4v) is 2.91. The van der Waals surface area contributed by atoms with E-state index in [4.69, 9.17) is 0 Å². The molecule has 23 heavy (non-hydrogen) atoms. The monoisotopic (exact) mass is 315 g/mol. The van der Waals surface area contributed by atoms with Gasteiger partial charge in [-0.2, -0.15) is 0 Å². The Bertz CT molecular complexity index is 578. The standard InChI is InChI=1S/C20H29NO2/c1-19(2,3)16(17(22)20(4,5)6)21-18(23)15-12-14(15)13-10-8-7-9-11-13/h7-11,14-16H,12H2,1-6H3,(H,21,23)/t14?,15-,16-/m1/s1. The molecule has 0 heterocycles. The van der Waals surface area contributed by atoms with Crippen molar-refractivity contribution >= 4 is 11.7 Å². The largest absolute Gasteiger partial charge is 0.345 e. The highest BCUT2D eigenvalue weighted by Crippen LogP contribution is 2.47. The van der Waals surface area contributed by atoms with E-state index in [2.05, 4.69) is 17.4 Å². The lowest BCUT2D eigenvalue weighted by atomic mass is 9.75. The van der Waals surface area contributed by atoms with Crippen molar-refractivity contribution in [2.75, 3.05) is 0 Å². The summed E-state index contributed by atoms with van der Waals surface area (Å²) >= 11 is 0. The molecule has 1 saturated carbocycles. The molecular formula is C20H29NO2. The molecule has 1 aliphatic rings. The van der Waals surface area contributed by atoms with Gasteiger partial charge >= 0.3 is 0 Å². The van der Waals surface area contributed by atoms with Crippen LogP contribution in [0.3, 0.4) is 0 Å². The van der Waals surface area contributed by atoms with E-state index in [0.717, 1.165) is 6.42 Å². The molecule has 0 radical (unpaired) electrons. The lowest BCUT2D eigenvalue weighted by Crippen LogP contribution is -2.53. The molecule has 1 aromatic carbocycles. The Morgan fingerprint density at radius 1 is 1.04 bits per heavy atom. The van der Waals surface area contributed by atoms with Crippen LogP contribution in [0.1, 0.15) is 59.4 Å². The van der Waals surface area contributed by atoms with Crippen molar-refractivity contribution < 1.29 is 9.59 Å². The predicted octanol–water partition coefficient (Wildman–Crippen LogP) is 3.94. The number of carbonyl (C=O) groups excluding carboxylic acids is 2. The Labute approximate surface area is 139 Å². The van der Waals surface area contributed by atoms with Gasteiger partial charge in [0, 0.05) is 11.3 Å². The lowest BCUT2D eigenvalue weighted by molar-refractivity contribution is -0.135. The van der Waals surface area contributed by atoms with E-state index in [1.807, 2.05) is 59.7 Å². The highest BCUT2D eigenvalue weighted by atomic mass is 16.2. The number of nitrogens with one attached hydrogen (secondary N) is 1.